The van der Waals surface area contributed by atoms with E-state index < -0.39 is 0 Å². The highest BCUT2D eigenvalue weighted by atomic mass is 15.0. The molecule has 2 aromatic rings. The van der Waals surface area contributed by atoms with Gasteiger partial charge in [0.25, 0.3) is 0 Å². The van der Waals surface area contributed by atoms with E-state index in [1.165, 1.54) is 0 Å². The van der Waals surface area contributed by atoms with Crippen LogP contribution in [0.4, 0.5) is 11.5 Å². The minimum Gasteiger partial charge on any atom is -0.340 e. The van der Waals surface area contributed by atoms with Gasteiger partial charge in [-0.15, -0.1) is 0 Å². The van der Waals surface area contributed by atoms with E-state index in [4.69, 9.17) is 5.26 Å². The molecule has 3 heteroatoms. The molecule has 0 unspecified atom stereocenters. The molecular formula is C13H11N3. The molecular weight excluding hydrogens is 198 g/mol. The lowest BCUT2D eigenvalue weighted by Crippen LogP contribution is -1.96. The van der Waals surface area contributed by atoms with Crippen molar-refractivity contribution in [2.24, 2.45) is 0 Å². The van der Waals surface area contributed by atoms with Gasteiger partial charge in [0.2, 0.25) is 0 Å². The van der Waals surface area contributed by atoms with Crippen LogP contribution in [0.2, 0.25) is 0 Å². The summed E-state index contributed by atoms with van der Waals surface area (Å²) < 4.78 is 0. The molecule has 0 radical (unpaired) electrons. The lowest BCUT2D eigenvalue weighted by atomic mass is 10.2. The summed E-state index contributed by atoms with van der Waals surface area (Å²) in [7, 11) is 0. The first-order chi connectivity index (χ1) is 7.79. The summed E-state index contributed by atoms with van der Waals surface area (Å²) in [6.07, 6.45) is 1.57. The van der Waals surface area contributed by atoms with Crippen molar-refractivity contribution in [3.63, 3.8) is 0 Å². The Kier molecular flexibility index (Phi) is 2.84. The zero-order chi connectivity index (χ0) is 11.4. The van der Waals surface area contributed by atoms with Crippen molar-refractivity contribution in [2.75, 3.05) is 5.32 Å². The van der Waals surface area contributed by atoms with Crippen LogP contribution in [-0.2, 0) is 0 Å². The third-order valence-electron chi connectivity index (χ3n) is 2.24. The van der Waals surface area contributed by atoms with Crippen LogP contribution in [0.5, 0.6) is 0 Å². The Labute approximate surface area is 94.4 Å². The number of aryl methyl sites for hydroxylation is 1. The van der Waals surface area contributed by atoms with E-state index in [9.17, 15) is 0 Å². The van der Waals surface area contributed by atoms with Crippen molar-refractivity contribution < 1.29 is 0 Å². The van der Waals surface area contributed by atoms with E-state index in [0.29, 0.717) is 5.56 Å². The molecule has 0 atom stereocenters. The summed E-state index contributed by atoms with van der Waals surface area (Å²) in [5.74, 6) is 0.783. The van der Waals surface area contributed by atoms with Crippen molar-refractivity contribution in [3.8, 4) is 6.07 Å². The van der Waals surface area contributed by atoms with Crippen LogP contribution in [0.25, 0.3) is 0 Å². The van der Waals surface area contributed by atoms with Crippen molar-refractivity contribution in [2.45, 2.75) is 6.92 Å². The maximum Gasteiger partial charge on any atom is 0.133 e. The second kappa shape index (κ2) is 4.45. The first-order valence-electron chi connectivity index (χ1n) is 4.98. The van der Waals surface area contributed by atoms with Crippen LogP contribution in [0.1, 0.15) is 11.1 Å². The standard InChI is InChI=1S/C13H11N3/c1-10-7-11(8-14)9-15-13(10)16-12-5-3-2-4-6-12/h2-7,9H,1H3,(H,15,16). The van der Waals surface area contributed by atoms with E-state index in [0.717, 1.165) is 17.1 Å². The molecule has 78 valence electrons. The molecule has 3 nitrogen and oxygen atoms in total. The number of aromatic nitrogens is 1. The number of nitriles is 1. The van der Waals surface area contributed by atoms with E-state index in [1.807, 2.05) is 43.3 Å². The highest BCUT2D eigenvalue weighted by Gasteiger charge is 2.01. The van der Waals surface area contributed by atoms with Gasteiger partial charge in [-0.3, -0.25) is 0 Å². The fourth-order valence-electron chi connectivity index (χ4n) is 1.42. The van der Waals surface area contributed by atoms with Crippen LogP contribution in [-0.4, -0.2) is 4.98 Å². The molecule has 0 saturated heterocycles. The summed E-state index contributed by atoms with van der Waals surface area (Å²) in [4.78, 5) is 4.21. The van der Waals surface area contributed by atoms with Gasteiger partial charge in [0.05, 0.1) is 5.56 Å². The summed E-state index contributed by atoms with van der Waals surface area (Å²) in [6.45, 7) is 1.93. The molecule has 16 heavy (non-hydrogen) atoms. The molecule has 0 spiro atoms. The van der Waals surface area contributed by atoms with Gasteiger partial charge < -0.3 is 5.32 Å². The van der Waals surface area contributed by atoms with Crippen molar-refractivity contribution in [1.29, 1.82) is 5.26 Å². The fourth-order valence-corrected chi connectivity index (χ4v) is 1.42. The number of nitrogens with zero attached hydrogens (tertiary/aromatic N) is 2. The van der Waals surface area contributed by atoms with Crippen molar-refractivity contribution in [1.82, 2.24) is 4.98 Å². The highest BCUT2D eigenvalue weighted by molar-refractivity contribution is 5.59. The Morgan fingerprint density at radius 2 is 2.00 bits per heavy atom. The minimum atomic E-state index is 0.580. The zero-order valence-corrected chi connectivity index (χ0v) is 8.94. The molecule has 0 aliphatic heterocycles. The number of pyridine rings is 1. The van der Waals surface area contributed by atoms with Gasteiger partial charge in [-0.25, -0.2) is 4.98 Å². The third kappa shape index (κ3) is 2.18. The lowest BCUT2D eigenvalue weighted by molar-refractivity contribution is 1.24. The van der Waals surface area contributed by atoms with E-state index in [1.54, 1.807) is 6.20 Å². The topological polar surface area (TPSA) is 48.7 Å². The number of hydrogen-bond donors (Lipinski definition) is 1. The van der Waals surface area contributed by atoms with Crippen LogP contribution >= 0.6 is 0 Å². The SMILES string of the molecule is Cc1cc(C#N)cnc1Nc1ccccc1. The van der Waals surface area contributed by atoms with Crippen LogP contribution in [0, 0.1) is 18.3 Å². The quantitative estimate of drug-likeness (QED) is 0.827. The van der Waals surface area contributed by atoms with Gasteiger partial charge >= 0.3 is 0 Å². The van der Waals surface area contributed by atoms with Gasteiger partial charge in [0.1, 0.15) is 11.9 Å². The summed E-state index contributed by atoms with van der Waals surface area (Å²) in [6, 6.07) is 13.7. The highest BCUT2D eigenvalue weighted by Crippen LogP contribution is 2.18. The van der Waals surface area contributed by atoms with E-state index in [2.05, 4.69) is 16.4 Å². The molecule has 0 bridgehead atoms. The Bertz CT molecular complexity index is 527. The minimum absolute atomic E-state index is 0.580. The van der Waals surface area contributed by atoms with Gasteiger partial charge in [-0.2, -0.15) is 5.26 Å². The second-order valence-corrected chi connectivity index (χ2v) is 3.49. The van der Waals surface area contributed by atoms with Gasteiger partial charge in [-0.1, -0.05) is 18.2 Å². The molecule has 0 amide bonds. The number of benzene rings is 1. The van der Waals surface area contributed by atoms with E-state index in [-0.39, 0.29) is 0 Å². The summed E-state index contributed by atoms with van der Waals surface area (Å²) in [5, 5.41) is 11.9. The predicted molar refractivity (Wildman–Crippen MR) is 63.4 cm³/mol. The molecule has 2 rings (SSSR count). The summed E-state index contributed by atoms with van der Waals surface area (Å²) >= 11 is 0. The maximum atomic E-state index is 8.73. The number of rotatable bonds is 2. The van der Waals surface area contributed by atoms with Crippen molar-refractivity contribution >= 4 is 11.5 Å². The maximum absolute atomic E-state index is 8.73. The van der Waals surface area contributed by atoms with Gasteiger partial charge in [0, 0.05) is 11.9 Å². The first kappa shape index (κ1) is 10.2. The van der Waals surface area contributed by atoms with Crippen LogP contribution in [0.3, 0.4) is 0 Å². The lowest BCUT2D eigenvalue weighted by Gasteiger charge is -2.07. The molecule has 1 N–H and O–H groups in total. The third-order valence-corrected chi connectivity index (χ3v) is 2.24. The largest absolute Gasteiger partial charge is 0.340 e. The van der Waals surface area contributed by atoms with Gasteiger partial charge in [-0.05, 0) is 30.7 Å². The summed E-state index contributed by atoms with van der Waals surface area (Å²) in [5.41, 5.74) is 2.53. The number of anilines is 2. The molecule has 0 aliphatic carbocycles. The van der Waals surface area contributed by atoms with Gasteiger partial charge in [0.15, 0.2) is 0 Å². The Hall–Kier alpha value is -2.34. The molecule has 1 aromatic heterocycles. The molecule has 0 saturated carbocycles. The Balaban J connectivity index is 2.27. The van der Waals surface area contributed by atoms with E-state index >= 15 is 0 Å². The molecule has 1 heterocycles. The predicted octanol–water partition coefficient (Wildman–Crippen LogP) is 3.01. The second-order valence-electron chi connectivity index (χ2n) is 3.49. The monoisotopic (exact) mass is 209 g/mol. The Morgan fingerprint density at radius 3 is 2.62 bits per heavy atom. The Morgan fingerprint density at radius 1 is 1.25 bits per heavy atom. The molecule has 0 fully saturated rings. The normalized spacial score (nSPS) is 9.50. The smallest absolute Gasteiger partial charge is 0.133 e. The van der Waals surface area contributed by atoms with Crippen LogP contribution < -0.4 is 5.32 Å². The number of hydrogen-bond acceptors (Lipinski definition) is 3. The average molecular weight is 209 g/mol. The first-order valence-corrected chi connectivity index (χ1v) is 4.98. The van der Waals surface area contributed by atoms with Crippen LogP contribution in [0.15, 0.2) is 42.6 Å². The number of para-hydroxylation sites is 1. The molecule has 1 aromatic carbocycles. The molecule has 0 aliphatic rings. The zero-order valence-electron chi connectivity index (χ0n) is 8.94. The van der Waals surface area contributed by atoms with Crippen molar-refractivity contribution in [3.05, 3.63) is 53.7 Å². The average Bonchev–Trinajstić information content (AvgIpc) is 2.33. The number of nitrogens with one attached hydrogen (secondary N) is 1. The fraction of sp³-hybridized carbons (Fsp3) is 0.0769.